The molecule has 0 saturated carbocycles. The van der Waals surface area contributed by atoms with Gasteiger partial charge in [0.1, 0.15) is 0 Å². The zero-order valence-electron chi connectivity index (χ0n) is 33.9. The molecule has 1 aromatic heterocycles. The minimum absolute atomic E-state index is 0.124. The van der Waals surface area contributed by atoms with E-state index in [9.17, 15) is 0 Å². The zero-order valence-corrected chi connectivity index (χ0v) is 34.8. The van der Waals surface area contributed by atoms with E-state index in [-0.39, 0.29) is 6.04 Å². The Morgan fingerprint density at radius 1 is 0.797 bits per heavy atom. The van der Waals surface area contributed by atoms with Crippen molar-refractivity contribution in [2.24, 2.45) is 0 Å². The molecule has 0 fully saturated rings. The number of hydrogen-bond donors (Lipinski definition) is 0. The highest BCUT2D eigenvalue weighted by molar-refractivity contribution is 7.20. The second kappa shape index (κ2) is 15.9. The molecule has 0 N–H and O–H groups in total. The van der Waals surface area contributed by atoms with E-state index in [1.165, 1.54) is 87.6 Å². The quantitative estimate of drug-likeness (QED) is 0.132. The van der Waals surface area contributed by atoms with Gasteiger partial charge in [0.05, 0.1) is 11.5 Å². The number of fused-ring (bicyclic) bond motifs is 5. The molecule has 59 heavy (non-hydrogen) atoms. The van der Waals surface area contributed by atoms with Crippen LogP contribution in [-0.2, 0) is 18.3 Å². The van der Waals surface area contributed by atoms with Crippen LogP contribution in [-0.4, -0.2) is 6.04 Å². The summed E-state index contributed by atoms with van der Waals surface area (Å²) >= 11 is 1.93. The first-order valence-electron chi connectivity index (χ1n) is 21.2. The van der Waals surface area contributed by atoms with Crippen molar-refractivity contribution in [1.82, 2.24) is 0 Å². The number of thiophene rings is 1. The molecular formula is C57H49NS. The van der Waals surface area contributed by atoms with Crippen molar-refractivity contribution < 1.29 is 0 Å². The summed E-state index contributed by atoms with van der Waals surface area (Å²) in [5.74, 6) is 0. The second-order valence-corrected chi connectivity index (χ2v) is 17.4. The summed E-state index contributed by atoms with van der Waals surface area (Å²) in [6.07, 6.45) is 30.7. The SMILES string of the molecule is C/C=C\C=C(/Cc1ccccc1)N(c1ccc(C2(c3ccccc3)C3=C(C=C(C)CC=C3)c3ccccc32)cc1)C1C=C(c2ccc3sc4c(c3c2)CCC=C4)C=CC1. The number of nitrogens with zero attached hydrogens (tertiary/aromatic N) is 1. The largest absolute Gasteiger partial charge is 0.338 e. The van der Waals surface area contributed by atoms with Gasteiger partial charge in [-0.25, -0.2) is 0 Å². The maximum atomic E-state index is 2.61. The molecule has 2 atom stereocenters. The van der Waals surface area contributed by atoms with Gasteiger partial charge in [-0.1, -0.05) is 163 Å². The monoisotopic (exact) mass is 779 g/mol. The maximum Gasteiger partial charge on any atom is 0.0713 e. The van der Waals surface area contributed by atoms with Crippen molar-refractivity contribution in [3.05, 3.63) is 249 Å². The molecule has 2 heteroatoms. The molecule has 1 nitrogen and oxygen atoms in total. The third-order valence-corrected chi connectivity index (χ3v) is 13.8. The lowest BCUT2D eigenvalue weighted by Gasteiger charge is -2.37. The molecule has 10 rings (SSSR count). The van der Waals surface area contributed by atoms with Crippen LogP contribution in [0, 0.1) is 0 Å². The van der Waals surface area contributed by atoms with Gasteiger partial charge in [-0.15, -0.1) is 11.3 Å². The summed E-state index contributed by atoms with van der Waals surface area (Å²) in [6.45, 7) is 4.37. The Morgan fingerprint density at radius 2 is 1.58 bits per heavy atom. The number of allylic oxidation sites excluding steroid dienone is 13. The highest BCUT2D eigenvalue weighted by Gasteiger charge is 2.46. The van der Waals surface area contributed by atoms with Crippen LogP contribution in [0.3, 0.4) is 0 Å². The normalized spacial score (nSPS) is 19.7. The summed E-state index contributed by atoms with van der Waals surface area (Å²) in [7, 11) is 0. The van der Waals surface area contributed by atoms with E-state index in [1.807, 2.05) is 11.3 Å². The van der Waals surface area contributed by atoms with Gasteiger partial charge < -0.3 is 4.90 Å². The molecule has 0 aliphatic heterocycles. The first-order chi connectivity index (χ1) is 29.1. The zero-order chi connectivity index (χ0) is 39.8. The standard InChI is InChI=1S/C57H49NS/c1-3-4-23-47(37-41-18-7-5-8-19-41)58(48-24-16-20-42(38-48)43-30-35-56-52(39-43)50-26-12-14-29-55(50)59-56)46-33-31-45(32-34-46)57(44-21-9-6-10-22-44)53-27-13-11-25-49(53)51-36-40(2)17-15-28-54(51)57/h3-11,13-16,18-23,25,27-36,38-39,48H,12,17,24,26,37H2,1-2H3/b4-3-,47-23+. The van der Waals surface area contributed by atoms with Gasteiger partial charge in [0.25, 0.3) is 0 Å². The smallest absolute Gasteiger partial charge is 0.0713 e. The van der Waals surface area contributed by atoms with E-state index in [2.05, 4.69) is 213 Å². The third kappa shape index (κ3) is 6.66. The molecule has 1 heterocycles. The summed E-state index contributed by atoms with van der Waals surface area (Å²) in [6, 6.07) is 48.0. The lowest BCUT2D eigenvalue weighted by Crippen LogP contribution is -2.35. The van der Waals surface area contributed by atoms with Crippen molar-refractivity contribution in [2.75, 3.05) is 4.90 Å². The average Bonchev–Trinajstić information content (AvgIpc) is 3.71. The van der Waals surface area contributed by atoms with Gasteiger partial charge in [0.15, 0.2) is 0 Å². The second-order valence-electron chi connectivity index (χ2n) is 16.3. The van der Waals surface area contributed by atoms with Crippen LogP contribution in [0.15, 0.2) is 205 Å². The number of hydrogen-bond acceptors (Lipinski definition) is 2. The van der Waals surface area contributed by atoms with Crippen molar-refractivity contribution in [2.45, 2.75) is 57.4 Å². The highest BCUT2D eigenvalue weighted by atomic mass is 32.1. The summed E-state index contributed by atoms with van der Waals surface area (Å²) in [5, 5.41) is 1.42. The molecule has 4 aliphatic carbocycles. The Hall–Kier alpha value is -6.22. The van der Waals surface area contributed by atoms with E-state index in [0.717, 1.165) is 32.1 Å². The molecule has 0 amide bonds. The van der Waals surface area contributed by atoms with E-state index in [0.29, 0.717) is 0 Å². The topological polar surface area (TPSA) is 3.24 Å². The number of anilines is 1. The molecule has 2 unspecified atom stereocenters. The predicted molar refractivity (Wildman–Crippen MR) is 254 cm³/mol. The Labute approximate surface area is 353 Å². The van der Waals surface area contributed by atoms with Crippen LogP contribution in [0.4, 0.5) is 5.69 Å². The lowest BCUT2D eigenvalue weighted by atomic mass is 9.66. The van der Waals surface area contributed by atoms with Gasteiger partial charge in [0, 0.05) is 27.4 Å². The first kappa shape index (κ1) is 37.1. The summed E-state index contributed by atoms with van der Waals surface area (Å²) in [4.78, 5) is 4.03. The van der Waals surface area contributed by atoms with Gasteiger partial charge in [-0.3, -0.25) is 0 Å². The van der Waals surface area contributed by atoms with Crippen LogP contribution in [0.1, 0.15) is 76.9 Å². The van der Waals surface area contributed by atoms with Crippen molar-refractivity contribution >= 4 is 44.3 Å². The maximum absolute atomic E-state index is 2.61. The van der Waals surface area contributed by atoms with Gasteiger partial charge in [-0.05, 0) is 137 Å². The predicted octanol–water partition coefficient (Wildman–Crippen LogP) is 14.8. The minimum Gasteiger partial charge on any atom is -0.338 e. The molecule has 0 radical (unpaired) electrons. The fourth-order valence-electron chi connectivity index (χ4n) is 9.93. The number of aryl methyl sites for hydroxylation is 1. The Kier molecular flexibility index (Phi) is 9.96. The van der Waals surface area contributed by atoms with Crippen LogP contribution in [0.25, 0.3) is 27.3 Å². The molecule has 0 spiro atoms. The molecule has 0 saturated heterocycles. The molecule has 288 valence electrons. The molecular weight excluding hydrogens is 731 g/mol. The van der Waals surface area contributed by atoms with Crippen LogP contribution in [0.2, 0.25) is 0 Å². The third-order valence-electron chi connectivity index (χ3n) is 12.6. The number of benzene rings is 5. The van der Waals surface area contributed by atoms with Crippen LogP contribution in [0.5, 0.6) is 0 Å². The van der Waals surface area contributed by atoms with Crippen LogP contribution >= 0.6 is 11.3 Å². The van der Waals surface area contributed by atoms with Crippen LogP contribution < -0.4 is 4.90 Å². The Bertz CT molecular complexity index is 2800. The number of rotatable bonds is 9. The summed E-state index contributed by atoms with van der Waals surface area (Å²) in [5.41, 5.74) is 16.7. The Morgan fingerprint density at radius 3 is 2.41 bits per heavy atom. The average molecular weight is 780 g/mol. The Balaban J connectivity index is 1.12. The molecule has 6 aromatic rings. The van der Waals surface area contributed by atoms with Gasteiger partial charge in [-0.2, -0.15) is 0 Å². The summed E-state index contributed by atoms with van der Waals surface area (Å²) < 4.78 is 1.38. The van der Waals surface area contributed by atoms with E-state index < -0.39 is 5.41 Å². The lowest BCUT2D eigenvalue weighted by molar-refractivity contribution is 0.736. The van der Waals surface area contributed by atoms with Gasteiger partial charge >= 0.3 is 0 Å². The fourth-order valence-corrected chi connectivity index (χ4v) is 11.1. The van der Waals surface area contributed by atoms with Crippen molar-refractivity contribution in [3.8, 4) is 0 Å². The highest BCUT2D eigenvalue weighted by Crippen LogP contribution is 2.56. The van der Waals surface area contributed by atoms with E-state index in [4.69, 9.17) is 0 Å². The molecule has 5 aromatic carbocycles. The van der Waals surface area contributed by atoms with Gasteiger partial charge in [0.2, 0.25) is 0 Å². The van der Waals surface area contributed by atoms with Crippen molar-refractivity contribution in [3.63, 3.8) is 0 Å². The van der Waals surface area contributed by atoms with E-state index >= 15 is 0 Å². The molecule has 4 aliphatic rings. The fraction of sp³-hybridized carbons (Fsp3) is 0.158. The molecule has 0 bridgehead atoms. The van der Waals surface area contributed by atoms with Crippen molar-refractivity contribution in [1.29, 1.82) is 0 Å². The minimum atomic E-state index is -0.447. The van der Waals surface area contributed by atoms with E-state index in [1.54, 1.807) is 0 Å². The first-order valence-corrected chi connectivity index (χ1v) is 22.0.